The fourth-order valence-electron chi connectivity index (χ4n) is 4.14. The number of aromatic nitrogens is 2. The smallest absolute Gasteiger partial charge is 0.326 e. The topological polar surface area (TPSA) is 58.1 Å². The Morgan fingerprint density at radius 2 is 1.84 bits per heavy atom. The summed E-state index contributed by atoms with van der Waals surface area (Å²) in [7, 11) is 0. The number of fused-ring (bicyclic) bond motifs is 1. The quantitative estimate of drug-likeness (QED) is 0.916. The van der Waals surface area contributed by atoms with E-state index < -0.39 is 0 Å². The first kappa shape index (κ1) is 16.8. The first-order valence-corrected chi connectivity index (χ1v) is 10.4. The molecule has 0 radical (unpaired) electrons. The number of aromatic amines is 1. The molecular weight excluding hydrogens is 334 g/mol. The van der Waals surface area contributed by atoms with E-state index in [1.165, 1.54) is 24.3 Å². The Bertz CT molecular complexity index is 798. The van der Waals surface area contributed by atoms with E-state index in [0.717, 1.165) is 37.0 Å². The van der Waals surface area contributed by atoms with Crippen molar-refractivity contribution in [3.63, 3.8) is 0 Å². The maximum absolute atomic E-state index is 12.6. The molecule has 1 aromatic carbocycles. The number of hydrogen-bond acceptors (Lipinski definition) is 3. The second kappa shape index (κ2) is 7.28. The van der Waals surface area contributed by atoms with Crippen molar-refractivity contribution in [1.29, 1.82) is 0 Å². The van der Waals surface area contributed by atoms with Gasteiger partial charge in [-0.2, -0.15) is 11.8 Å². The van der Waals surface area contributed by atoms with E-state index in [2.05, 4.69) is 4.98 Å². The fourth-order valence-corrected chi connectivity index (χ4v) is 5.34. The van der Waals surface area contributed by atoms with Crippen LogP contribution in [-0.4, -0.2) is 45.0 Å². The number of thioether (sulfide) groups is 1. The van der Waals surface area contributed by atoms with Crippen molar-refractivity contribution in [1.82, 2.24) is 14.5 Å². The van der Waals surface area contributed by atoms with Crippen molar-refractivity contribution in [3.8, 4) is 0 Å². The third kappa shape index (κ3) is 3.50. The van der Waals surface area contributed by atoms with Crippen molar-refractivity contribution >= 4 is 28.7 Å². The predicted molar refractivity (Wildman–Crippen MR) is 102 cm³/mol. The molecule has 2 fully saturated rings. The van der Waals surface area contributed by atoms with Crippen LogP contribution in [-0.2, 0) is 4.79 Å². The normalized spacial score (nSPS) is 20.2. The van der Waals surface area contributed by atoms with Crippen LogP contribution < -0.4 is 5.69 Å². The molecule has 0 aliphatic carbocycles. The Morgan fingerprint density at radius 1 is 1.12 bits per heavy atom. The van der Waals surface area contributed by atoms with Gasteiger partial charge in [0.1, 0.15) is 0 Å². The van der Waals surface area contributed by atoms with E-state index in [-0.39, 0.29) is 11.7 Å². The van der Waals surface area contributed by atoms with Gasteiger partial charge in [-0.3, -0.25) is 9.36 Å². The van der Waals surface area contributed by atoms with E-state index in [0.29, 0.717) is 18.2 Å². The minimum absolute atomic E-state index is 0.0364. The molecule has 1 amide bonds. The molecule has 2 aliphatic heterocycles. The number of piperidine rings is 1. The third-order valence-electron chi connectivity index (χ3n) is 5.61. The zero-order valence-corrected chi connectivity index (χ0v) is 15.3. The highest BCUT2D eigenvalue weighted by Crippen LogP contribution is 2.28. The second-order valence-corrected chi connectivity index (χ2v) is 8.41. The molecule has 4 rings (SSSR count). The van der Waals surface area contributed by atoms with Crippen LogP contribution in [0.25, 0.3) is 11.0 Å². The number of likely N-dealkylation sites (tertiary alicyclic amines) is 1. The maximum atomic E-state index is 12.6. The number of rotatable bonds is 3. The molecule has 2 saturated heterocycles. The molecule has 3 heterocycles. The molecule has 134 valence electrons. The number of H-pyrrole nitrogens is 1. The average molecular weight is 359 g/mol. The molecule has 6 heteroatoms. The standard InChI is InChI=1S/C19H25N3O2S/c23-18(13-14-7-11-25-12-8-14)21-9-5-15(6-10-21)22-17-4-2-1-3-16(17)20-19(22)24/h1-4,14-15H,5-13H2,(H,20,24). The molecule has 0 atom stereocenters. The van der Waals surface area contributed by atoms with Crippen LogP contribution in [0.15, 0.2) is 29.1 Å². The zero-order valence-electron chi connectivity index (χ0n) is 14.4. The molecule has 1 N–H and O–H groups in total. The summed E-state index contributed by atoms with van der Waals surface area (Å²) in [6, 6.07) is 8.01. The molecule has 2 aromatic rings. The zero-order chi connectivity index (χ0) is 17.2. The third-order valence-corrected chi connectivity index (χ3v) is 6.66. The van der Waals surface area contributed by atoms with E-state index in [9.17, 15) is 9.59 Å². The first-order valence-electron chi connectivity index (χ1n) is 9.27. The summed E-state index contributed by atoms with van der Waals surface area (Å²) >= 11 is 2.00. The molecule has 1 aromatic heterocycles. The van der Waals surface area contributed by atoms with Crippen LogP contribution in [0.1, 0.15) is 38.1 Å². The van der Waals surface area contributed by atoms with Crippen LogP contribution in [0.3, 0.4) is 0 Å². The highest BCUT2D eigenvalue weighted by molar-refractivity contribution is 7.99. The van der Waals surface area contributed by atoms with Gasteiger partial charge in [0.15, 0.2) is 0 Å². The number of carbonyl (C=O) groups excluding carboxylic acids is 1. The lowest BCUT2D eigenvalue weighted by Crippen LogP contribution is -2.41. The molecular formula is C19H25N3O2S. The fraction of sp³-hybridized carbons (Fsp3) is 0.579. The lowest BCUT2D eigenvalue weighted by atomic mass is 9.97. The second-order valence-electron chi connectivity index (χ2n) is 7.19. The summed E-state index contributed by atoms with van der Waals surface area (Å²) in [6.07, 6.45) is 4.77. The van der Waals surface area contributed by atoms with E-state index >= 15 is 0 Å². The summed E-state index contributed by atoms with van der Waals surface area (Å²) in [5.41, 5.74) is 1.82. The minimum atomic E-state index is -0.0364. The number of carbonyl (C=O) groups is 1. The summed E-state index contributed by atoms with van der Waals surface area (Å²) < 4.78 is 1.88. The van der Waals surface area contributed by atoms with Gasteiger partial charge in [0.25, 0.3) is 0 Å². The first-order chi connectivity index (χ1) is 12.2. The SMILES string of the molecule is O=C(CC1CCSCC1)N1CCC(n2c(=O)[nH]c3ccccc32)CC1. The van der Waals surface area contributed by atoms with Crippen molar-refractivity contribution in [3.05, 3.63) is 34.7 Å². The summed E-state index contributed by atoms with van der Waals surface area (Å²) in [4.78, 5) is 29.9. The Labute approximate surface area is 151 Å². The van der Waals surface area contributed by atoms with Gasteiger partial charge in [0, 0.05) is 25.6 Å². The van der Waals surface area contributed by atoms with Gasteiger partial charge in [-0.25, -0.2) is 4.79 Å². The Hall–Kier alpha value is -1.69. The maximum Gasteiger partial charge on any atom is 0.326 e. The summed E-state index contributed by atoms with van der Waals surface area (Å²) in [5.74, 6) is 3.27. The largest absolute Gasteiger partial charge is 0.343 e. The molecule has 2 aliphatic rings. The van der Waals surface area contributed by atoms with Gasteiger partial charge >= 0.3 is 5.69 Å². The number of nitrogens with zero attached hydrogens (tertiary/aromatic N) is 2. The molecule has 0 bridgehead atoms. The van der Waals surface area contributed by atoms with E-state index in [1.54, 1.807) is 0 Å². The molecule has 5 nitrogen and oxygen atoms in total. The lowest BCUT2D eigenvalue weighted by Gasteiger charge is -2.33. The van der Waals surface area contributed by atoms with Gasteiger partial charge < -0.3 is 9.88 Å². The number of nitrogens with one attached hydrogen (secondary N) is 1. The Morgan fingerprint density at radius 3 is 2.60 bits per heavy atom. The number of amides is 1. The van der Waals surface area contributed by atoms with Crippen molar-refractivity contribution < 1.29 is 4.79 Å². The molecule has 0 saturated carbocycles. The highest BCUT2D eigenvalue weighted by atomic mass is 32.2. The van der Waals surface area contributed by atoms with Gasteiger partial charge in [-0.15, -0.1) is 0 Å². The van der Waals surface area contributed by atoms with Crippen LogP contribution in [0.2, 0.25) is 0 Å². The summed E-state index contributed by atoms with van der Waals surface area (Å²) in [5, 5.41) is 0. The highest BCUT2D eigenvalue weighted by Gasteiger charge is 2.27. The molecule has 0 unspecified atom stereocenters. The number of benzene rings is 1. The van der Waals surface area contributed by atoms with Crippen LogP contribution >= 0.6 is 11.8 Å². The van der Waals surface area contributed by atoms with Crippen molar-refractivity contribution in [2.45, 2.75) is 38.1 Å². The minimum Gasteiger partial charge on any atom is -0.343 e. The Balaban J connectivity index is 1.40. The monoisotopic (exact) mass is 359 g/mol. The average Bonchev–Trinajstić information content (AvgIpc) is 2.98. The lowest BCUT2D eigenvalue weighted by molar-refractivity contribution is -0.133. The number of para-hydroxylation sites is 2. The van der Waals surface area contributed by atoms with Crippen LogP contribution in [0.5, 0.6) is 0 Å². The number of hydrogen-bond donors (Lipinski definition) is 1. The van der Waals surface area contributed by atoms with Crippen LogP contribution in [0.4, 0.5) is 0 Å². The van der Waals surface area contributed by atoms with Crippen molar-refractivity contribution in [2.24, 2.45) is 5.92 Å². The Kier molecular flexibility index (Phi) is 4.88. The predicted octanol–water partition coefficient (Wildman–Crippen LogP) is 3.03. The van der Waals surface area contributed by atoms with Gasteiger partial charge in [-0.1, -0.05) is 12.1 Å². The van der Waals surface area contributed by atoms with E-state index in [1.807, 2.05) is 45.5 Å². The molecule has 25 heavy (non-hydrogen) atoms. The van der Waals surface area contributed by atoms with E-state index in [4.69, 9.17) is 0 Å². The summed E-state index contributed by atoms with van der Waals surface area (Å²) in [6.45, 7) is 1.52. The number of imidazole rings is 1. The van der Waals surface area contributed by atoms with Gasteiger partial charge in [0.05, 0.1) is 11.0 Å². The van der Waals surface area contributed by atoms with Crippen molar-refractivity contribution in [2.75, 3.05) is 24.6 Å². The molecule has 0 spiro atoms. The van der Waals surface area contributed by atoms with Gasteiger partial charge in [0.2, 0.25) is 5.91 Å². The van der Waals surface area contributed by atoms with Crippen LogP contribution in [0, 0.1) is 5.92 Å². The van der Waals surface area contributed by atoms with Gasteiger partial charge in [-0.05, 0) is 55.2 Å².